The normalized spacial score (nSPS) is 14.9. The van der Waals surface area contributed by atoms with Gasteiger partial charge in [-0.1, -0.05) is 29.8 Å². The Bertz CT molecular complexity index is 1400. The molecule has 0 saturated carbocycles. The van der Waals surface area contributed by atoms with Crippen LogP contribution in [0, 0.1) is 0 Å². The Morgan fingerprint density at radius 1 is 1.30 bits per heavy atom. The number of aromatic nitrogens is 2. The van der Waals surface area contributed by atoms with Gasteiger partial charge in [-0.3, -0.25) is 14.2 Å². The fourth-order valence-corrected chi connectivity index (χ4v) is 4.86. The lowest BCUT2D eigenvalue weighted by Crippen LogP contribution is -2.36. The highest BCUT2D eigenvalue weighted by molar-refractivity contribution is 7.19. The number of nitrogens with two attached hydrogens (primary N) is 1. The van der Waals surface area contributed by atoms with Crippen LogP contribution in [0.5, 0.6) is 5.88 Å². The van der Waals surface area contributed by atoms with Crippen molar-refractivity contribution in [1.29, 1.82) is 0 Å². The average Bonchev–Trinajstić information content (AvgIpc) is 3.25. The van der Waals surface area contributed by atoms with Gasteiger partial charge in [0.05, 0.1) is 12.6 Å². The molecule has 0 saturated heterocycles. The maximum absolute atomic E-state index is 13.0. The van der Waals surface area contributed by atoms with Gasteiger partial charge in [0.25, 0.3) is 5.56 Å². The van der Waals surface area contributed by atoms with E-state index in [1.807, 2.05) is 36.4 Å². The number of hydrogen-bond acceptors (Lipinski definition) is 7. The van der Waals surface area contributed by atoms with Crippen molar-refractivity contribution in [2.45, 2.75) is 19.1 Å². The molecule has 0 fully saturated rings. The second kappa shape index (κ2) is 8.76. The second-order valence-electron chi connectivity index (χ2n) is 7.67. The minimum Gasteiger partial charge on any atom is -0.473 e. The summed E-state index contributed by atoms with van der Waals surface area (Å²) in [5, 5.41) is 7.65. The SMILES string of the molecule is Nc1cccc2sc(CNC(=O)Cn3cnc4c(c3=O)N[C@H](c3ccc(Cl)cc3)CO4)cc12. The van der Waals surface area contributed by atoms with Crippen molar-refractivity contribution in [3.8, 4) is 5.88 Å². The first kappa shape index (κ1) is 21.3. The van der Waals surface area contributed by atoms with Gasteiger partial charge in [0.2, 0.25) is 11.8 Å². The zero-order valence-electron chi connectivity index (χ0n) is 17.4. The van der Waals surface area contributed by atoms with Crippen molar-refractivity contribution < 1.29 is 9.53 Å². The maximum Gasteiger partial charge on any atom is 0.281 e. The van der Waals surface area contributed by atoms with Crippen LogP contribution in [-0.2, 0) is 17.9 Å². The van der Waals surface area contributed by atoms with Crippen molar-refractivity contribution in [2.24, 2.45) is 0 Å². The number of nitrogens with zero attached hydrogens (tertiary/aromatic N) is 2. The van der Waals surface area contributed by atoms with Gasteiger partial charge in [0, 0.05) is 25.7 Å². The summed E-state index contributed by atoms with van der Waals surface area (Å²) < 4.78 is 8.00. The summed E-state index contributed by atoms with van der Waals surface area (Å²) in [6.07, 6.45) is 1.32. The number of hydrogen-bond donors (Lipinski definition) is 3. The van der Waals surface area contributed by atoms with Crippen LogP contribution in [0.1, 0.15) is 16.5 Å². The summed E-state index contributed by atoms with van der Waals surface area (Å²) in [7, 11) is 0. The summed E-state index contributed by atoms with van der Waals surface area (Å²) in [6, 6.07) is 14.8. The van der Waals surface area contributed by atoms with E-state index in [9.17, 15) is 9.59 Å². The summed E-state index contributed by atoms with van der Waals surface area (Å²) >= 11 is 7.53. The standard InChI is InChI=1S/C23H20ClN5O3S/c24-14-6-4-13(5-7-14)18-11-32-22-21(28-18)23(31)29(12-27-22)10-20(30)26-9-15-8-16-17(25)2-1-3-19(16)33-15/h1-8,12,18,28H,9-11,25H2,(H,26,30)/t18-/m0/s1. The molecule has 1 aliphatic rings. The first-order chi connectivity index (χ1) is 16.0. The molecule has 8 nitrogen and oxygen atoms in total. The molecule has 33 heavy (non-hydrogen) atoms. The molecule has 0 spiro atoms. The molecule has 3 heterocycles. The molecule has 2 aromatic heterocycles. The molecule has 1 amide bonds. The molecule has 168 valence electrons. The Morgan fingerprint density at radius 3 is 2.91 bits per heavy atom. The molecule has 4 aromatic rings. The number of rotatable bonds is 5. The number of thiophene rings is 1. The molecule has 1 atom stereocenters. The van der Waals surface area contributed by atoms with Crippen LogP contribution in [0.3, 0.4) is 0 Å². The average molecular weight is 482 g/mol. The van der Waals surface area contributed by atoms with Crippen LogP contribution in [-0.4, -0.2) is 22.1 Å². The minimum atomic E-state index is -0.372. The summed E-state index contributed by atoms with van der Waals surface area (Å²) in [4.78, 5) is 30.7. The summed E-state index contributed by atoms with van der Waals surface area (Å²) in [5.74, 6) is -0.0695. The van der Waals surface area contributed by atoms with E-state index in [0.717, 1.165) is 20.5 Å². The van der Waals surface area contributed by atoms with E-state index >= 15 is 0 Å². The number of amides is 1. The van der Waals surface area contributed by atoms with Crippen LogP contribution >= 0.6 is 22.9 Å². The smallest absolute Gasteiger partial charge is 0.281 e. The number of carbonyl (C=O) groups is 1. The number of benzene rings is 2. The lowest BCUT2D eigenvalue weighted by molar-refractivity contribution is -0.121. The zero-order valence-corrected chi connectivity index (χ0v) is 18.9. The van der Waals surface area contributed by atoms with Crippen molar-refractivity contribution in [1.82, 2.24) is 14.9 Å². The van der Waals surface area contributed by atoms with Crippen LogP contribution in [0.25, 0.3) is 10.1 Å². The van der Waals surface area contributed by atoms with Crippen LogP contribution in [0.4, 0.5) is 11.4 Å². The van der Waals surface area contributed by atoms with E-state index in [2.05, 4.69) is 15.6 Å². The Kier molecular flexibility index (Phi) is 5.65. The van der Waals surface area contributed by atoms with Gasteiger partial charge in [0.1, 0.15) is 19.5 Å². The lowest BCUT2D eigenvalue weighted by Gasteiger charge is -2.26. The highest BCUT2D eigenvalue weighted by Gasteiger charge is 2.25. The Morgan fingerprint density at radius 2 is 2.12 bits per heavy atom. The molecule has 0 radical (unpaired) electrons. The third kappa shape index (κ3) is 4.37. The van der Waals surface area contributed by atoms with Gasteiger partial charge in [0.15, 0.2) is 5.69 Å². The number of ether oxygens (including phenoxy) is 1. The fraction of sp³-hybridized carbons (Fsp3) is 0.174. The Labute approximate surface area is 198 Å². The highest BCUT2D eigenvalue weighted by atomic mass is 35.5. The second-order valence-corrected chi connectivity index (χ2v) is 9.27. The largest absolute Gasteiger partial charge is 0.473 e. The fourth-order valence-electron chi connectivity index (χ4n) is 3.69. The molecular formula is C23H20ClN5O3S. The predicted octanol–water partition coefficient (Wildman–Crippen LogP) is 3.56. The number of nitrogens with one attached hydrogen (secondary N) is 2. The van der Waals surface area contributed by atoms with Crippen molar-refractivity contribution in [2.75, 3.05) is 17.7 Å². The van der Waals surface area contributed by atoms with E-state index < -0.39 is 0 Å². The topological polar surface area (TPSA) is 111 Å². The van der Waals surface area contributed by atoms with Gasteiger partial charge in [-0.2, -0.15) is 0 Å². The van der Waals surface area contributed by atoms with E-state index in [0.29, 0.717) is 23.9 Å². The summed E-state index contributed by atoms with van der Waals surface area (Å²) in [6.45, 7) is 0.523. The van der Waals surface area contributed by atoms with Crippen LogP contribution in [0.2, 0.25) is 5.02 Å². The van der Waals surface area contributed by atoms with Gasteiger partial charge in [-0.15, -0.1) is 11.3 Å². The Hall–Kier alpha value is -3.56. The molecular weight excluding hydrogens is 462 g/mol. The van der Waals surface area contributed by atoms with Gasteiger partial charge < -0.3 is 21.1 Å². The highest BCUT2D eigenvalue weighted by Crippen LogP contribution is 2.30. The van der Waals surface area contributed by atoms with Gasteiger partial charge >= 0.3 is 0 Å². The lowest BCUT2D eigenvalue weighted by atomic mass is 10.1. The van der Waals surface area contributed by atoms with Crippen molar-refractivity contribution in [3.63, 3.8) is 0 Å². The molecule has 2 aromatic carbocycles. The Balaban J connectivity index is 1.27. The molecule has 0 aliphatic carbocycles. The number of anilines is 2. The molecule has 5 rings (SSSR count). The van der Waals surface area contributed by atoms with E-state index in [-0.39, 0.29) is 35.6 Å². The number of fused-ring (bicyclic) bond motifs is 2. The van der Waals surface area contributed by atoms with Gasteiger partial charge in [-0.25, -0.2) is 4.98 Å². The first-order valence-corrected chi connectivity index (χ1v) is 11.5. The monoisotopic (exact) mass is 481 g/mol. The first-order valence-electron chi connectivity index (χ1n) is 10.3. The molecule has 4 N–H and O–H groups in total. The van der Waals surface area contributed by atoms with Crippen LogP contribution < -0.4 is 26.7 Å². The van der Waals surface area contributed by atoms with Crippen molar-refractivity contribution in [3.05, 3.63) is 80.7 Å². The predicted molar refractivity (Wildman–Crippen MR) is 130 cm³/mol. The van der Waals surface area contributed by atoms with E-state index in [4.69, 9.17) is 22.1 Å². The number of carbonyl (C=O) groups excluding carboxylic acids is 1. The zero-order chi connectivity index (χ0) is 22.9. The molecule has 0 bridgehead atoms. The van der Waals surface area contributed by atoms with E-state index in [1.165, 1.54) is 10.9 Å². The molecule has 0 unspecified atom stereocenters. The number of halogens is 1. The summed E-state index contributed by atoms with van der Waals surface area (Å²) in [5.41, 5.74) is 7.51. The molecule has 1 aliphatic heterocycles. The van der Waals surface area contributed by atoms with Gasteiger partial charge in [-0.05, 0) is 35.9 Å². The third-order valence-corrected chi connectivity index (χ3v) is 6.75. The molecule has 10 heteroatoms. The number of nitrogen functional groups attached to an aromatic ring is 1. The third-order valence-electron chi connectivity index (χ3n) is 5.40. The minimum absolute atomic E-state index is 0.153. The van der Waals surface area contributed by atoms with E-state index in [1.54, 1.807) is 23.5 Å². The van der Waals surface area contributed by atoms with Crippen molar-refractivity contribution >= 4 is 50.3 Å². The maximum atomic E-state index is 13.0. The quantitative estimate of drug-likeness (QED) is 0.376. The van der Waals surface area contributed by atoms with Crippen LogP contribution in [0.15, 0.2) is 59.7 Å².